The van der Waals surface area contributed by atoms with Gasteiger partial charge in [-0.05, 0) is 26.1 Å². The minimum absolute atomic E-state index is 0.0192. The lowest BCUT2D eigenvalue weighted by atomic mass is 10.1. The zero-order valence-electron chi connectivity index (χ0n) is 10.6. The molecule has 1 unspecified atom stereocenters. The summed E-state index contributed by atoms with van der Waals surface area (Å²) in [5.41, 5.74) is 0.848. The van der Waals surface area contributed by atoms with Crippen LogP contribution in [0.15, 0.2) is 22.7 Å². The van der Waals surface area contributed by atoms with Gasteiger partial charge in [0.15, 0.2) is 6.79 Å². The van der Waals surface area contributed by atoms with E-state index in [4.69, 9.17) is 4.74 Å². The molecular formula is C12H15BrF3NO2. The van der Waals surface area contributed by atoms with Crippen molar-refractivity contribution in [2.45, 2.75) is 19.1 Å². The first-order valence-electron chi connectivity index (χ1n) is 5.57. The number of alkyl halides is 3. The molecule has 0 aliphatic rings. The van der Waals surface area contributed by atoms with Crippen molar-refractivity contribution in [2.75, 3.05) is 20.4 Å². The fourth-order valence-corrected chi connectivity index (χ4v) is 1.75. The van der Waals surface area contributed by atoms with Gasteiger partial charge in [-0.25, -0.2) is 0 Å². The zero-order valence-corrected chi connectivity index (χ0v) is 12.1. The Hall–Kier alpha value is -0.790. The average molecular weight is 342 g/mol. The Morgan fingerprint density at radius 2 is 2.05 bits per heavy atom. The third-order valence-electron chi connectivity index (χ3n) is 2.44. The van der Waals surface area contributed by atoms with Crippen LogP contribution >= 0.6 is 15.9 Å². The normalized spacial score (nSPS) is 13.4. The van der Waals surface area contributed by atoms with Crippen molar-refractivity contribution < 1.29 is 22.6 Å². The molecule has 7 heteroatoms. The molecule has 0 heterocycles. The number of rotatable bonds is 6. The lowest BCUT2D eigenvalue weighted by Gasteiger charge is -2.17. The van der Waals surface area contributed by atoms with Crippen LogP contribution in [0.5, 0.6) is 5.75 Å². The summed E-state index contributed by atoms with van der Waals surface area (Å²) in [6.45, 7) is 0.157. The maximum absolute atomic E-state index is 11.9. The Balaban J connectivity index is 2.63. The summed E-state index contributed by atoms with van der Waals surface area (Å²) in [6.07, 6.45) is -4.35. The number of nitrogens with one attached hydrogen (secondary N) is 1. The second-order valence-corrected chi connectivity index (χ2v) is 4.83. The first-order chi connectivity index (χ1) is 8.83. The summed E-state index contributed by atoms with van der Waals surface area (Å²) in [5.74, 6) is 0.485. The Morgan fingerprint density at radius 3 is 2.63 bits per heavy atom. The molecule has 19 heavy (non-hydrogen) atoms. The third kappa shape index (κ3) is 5.80. The van der Waals surface area contributed by atoms with E-state index in [-0.39, 0.29) is 6.04 Å². The van der Waals surface area contributed by atoms with Crippen molar-refractivity contribution in [3.63, 3.8) is 0 Å². The van der Waals surface area contributed by atoms with E-state index >= 15 is 0 Å². The van der Waals surface area contributed by atoms with Gasteiger partial charge in [0.05, 0.1) is 0 Å². The van der Waals surface area contributed by atoms with Gasteiger partial charge in [0.1, 0.15) is 12.4 Å². The van der Waals surface area contributed by atoms with Gasteiger partial charge in [0, 0.05) is 16.1 Å². The van der Waals surface area contributed by atoms with Gasteiger partial charge >= 0.3 is 6.18 Å². The molecule has 0 radical (unpaired) electrons. The summed E-state index contributed by atoms with van der Waals surface area (Å²) < 4.78 is 46.2. The Kier molecular flexibility index (Phi) is 6.09. The SMILES string of the molecule is CNC(C)c1ccc(Br)cc1OCOCC(F)(F)F. The van der Waals surface area contributed by atoms with Crippen LogP contribution in [0.25, 0.3) is 0 Å². The zero-order chi connectivity index (χ0) is 14.5. The molecule has 108 valence electrons. The molecule has 0 aliphatic heterocycles. The molecule has 1 rings (SSSR count). The predicted octanol–water partition coefficient (Wildman–Crippen LogP) is 3.64. The van der Waals surface area contributed by atoms with Crippen LogP contribution in [0.3, 0.4) is 0 Å². The van der Waals surface area contributed by atoms with Gasteiger partial charge < -0.3 is 14.8 Å². The van der Waals surface area contributed by atoms with Gasteiger partial charge in [-0.2, -0.15) is 13.2 Å². The molecular weight excluding hydrogens is 327 g/mol. The molecule has 1 atom stereocenters. The Labute approximate surface area is 118 Å². The quantitative estimate of drug-likeness (QED) is 0.632. The molecule has 0 saturated carbocycles. The van der Waals surface area contributed by atoms with Crippen LogP contribution in [0.1, 0.15) is 18.5 Å². The van der Waals surface area contributed by atoms with E-state index in [1.54, 1.807) is 13.1 Å². The largest absolute Gasteiger partial charge is 0.467 e. The van der Waals surface area contributed by atoms with E-state index in [9.17, 15) is 13.2 Å². The molecule has 0 aromatic heterocycles. The van der Waals surface area contributed by atoms with Crippen LogP contribution < -0.4 is 10.1 Å². The van der Waals surface area contributed by atoms with Crippen molar-refractivity contribution in [1.29, 1.82) is 0 Å². The minimum atomic E-state index is -4.35. The summed E-state index contributed by atoms with van der Waals surface area (Å²) >= 11 is 3.29. The predicted molar refractivity (Wildman–Crippen MR) is 69.1 cm³/mol. The fraction of sp³-hybridized carbons (Fsp3) is 0.500. The van der Waals surface area contributed by atoms with Gasteiger partial charge in [0.2, 0.25) is 0 Å². The molecule has 0 amide bonds. The lowest BCUT2D eigenvalue weighted by molar-refractivity contribution is -0.186. The van der Waals surface area contributed by atoms with Gasteiger partial charge in [-0.3, -0.25) is 0 Å². The highest BCUT2D eigenvalue weighted by Gasteiger charge is 2.27. The fourth-order valence-electron chi connectivity index (χ4n) is 1.41. The molecule has 0 fully saturated rings. The maximum Gasteiger partial charge on any atom is 0.411 e. The first kappa shape index (κ1) is 16.3. The van der Waals surface area contributed by atoms with E-state index in [0.29, 0.717) is 5.75 Å². The van der Waals surface area contributed by atoms with E-state index in [2.05, 4.69) is 26.0 Å². The third-order valence-corrected chi connectivity index (χ3v) is 2.93. The topological polar surface area (TPSA) is 30.5 Å². The maximum atomic E-state index is 11.9. The molecule has 0 spiro atoms. The number of hydrogen-bond acceptors (Lipinski definition) is 3. The Morgan fingerprint density at radius 1 is 1.37 bits per heavy atom. The molecule has 1 N–H and O–H groups in total. The lowest BCUT2D eigenvalue weighted by Crippen LogP contribution is -2.20. The van der Waals surface area contributed by atoms with Crippen LogP contribution in [0, 0.1) is 0 Å². The Bertz CT molecular complexity index is 412. The van der Waals surface area contributed by atoms with Crippen molar-refractivity contribution in [3.8, 4) is 5.75 Å². The minimum Gasteiger partial charge on any atom is -0.467 e. The van der Waals surface area contributed by atoms with Gasteiger partial charge in [-0.1, -0.05) is 22.0 Å². The van der Waals surface area contributed by atoms with Crippen molar-refractivity contribution in [3.05, 3.63) is 28.2 Å². The molecule has 0 bridgehead atoms. The summed E-state index contributed by atoms with van der Waals surface area (Å²) in [7, 11) is 1.79. The van der Waals surface area contributed by atoms with E-state index in [1.807, 2.05) is 19.1 Å². The van der Waals surface area contributed by atoms with Crippen molar-refractivity contribution in [1.82, 2.24) is 5.32 Å². The smallest absolute Gasteiger partial charge is 0.411 e. The second-order valence-electron chi connectivity index (χ2n) is 3.92. The van der Waals surface area contributed by atoms with E-state index in [1.165, 1.54) is 0 Å². The van der Waals surface area contributed by atoms with Crippen LogP contribution in [0.2, 0.25) is 0 Å². The monoisotopic (exact) mass is 341 g/mol. The summed E-state index contributed by atoms with van der Waals surface area (Å²) in [5, 5.41) is 3.04. The standard InChI is InChI=1S/C12H15BrF3NO2/c1-8(17-2)10-4-3-9(13)5-11(10)19-7-18-6-12(14,15)16/h3-5,8,17H,6-7H2,1-2H3. The van der Waals surface area contributed by atoms with Crippen molar-refractivity contribution in [2.24, 2.45) is 0 Å². The molecule has 1 aromatic carbocycles. The highest BCUT2D eigenvalue weighted by Crippen LogP contribution is 2.28. The van der Waals surface area contributed by atoms with Crippen molar-refractivity contribution >= 4 is 15.9 Å². The number of benzene rings is 1. The number of halogens is 4. The first-order valence-corrected chi connectivity index (χ1v) is 6.37. The molecule has 3 nitrogen and oxygen atoms in total. The highest BCUT2D eigenvalue weighted by molar-refractivity contribution is 9.10. The van der Waals surface area contributed by atoms with Crippen LogP contribution in [0.4, 0.5) is 13.2 Å². The number of ether oxygens (including phenoxy) is 2. The van der Waals surface area contributed by atoms with E-state index in [0.717, 1.165) is 10.0 Å². The van der Waals surface area contributed by atoms with E-state index < -0.39 is 19.6 Å². The summed E-state index contributed by atoms with van der Waals surface area (Å²) in [4.78, 5) is 0. The van der Waals surface area contributed by atoms with Gasteiger partial charge in [0.25, 0.3) is 0 Å². The van der Waals surface area contributed by atoms with Crippen LogP contribution in [-0.4, -0.2) is 26.6 Å². The van der Waals surface area contributed by atoms with Gasteiger partial charge in [-0.15, -0.1) is 0 Å². The molecule has 0 saturated heterocycles. The average Bonchev–Trinajstić information content (AvgIpc) is 2.33. The second kappa shape index (κ2) is 7.12. The molecule has 0 aliphatic carbocycles. The van der Waals surface area contributed by atoms with Crippen LogP contribution in [-0.2, 0) is 4.74 Å². The summed E-state index contributed by atoms with van der Waals surface area (Å²) in [6, 6.07) is 5.39. The highest BCUT2D eigenvalue weighted by atomic mass is 79.9. The molecule has 1 aromatic rings. The number of hydrogen-bond donors (Lipinski definition) is 1.